The molecule has 9 heteroatoms. The average molecular weight is 266 g/mol. The summed E-state index contributed by atoms with van der Waals surface area (Å²) in [7, 11) is 0. The van der Waals surface area contributed by atoms with Crippen molar-refractivity contribution in [2.45, 2.75) is 6.18 Å². The van der Waals surface area contributed by atoms with E-state index in [1.165, 1.54) is 6.07 Å². The second kappa shape index (κ2) is 3.59. The highest BCUT2D eigenvalue weighted by Crippen LogP contribution is 2.35. The normalized spacial score (nSPS) is 12.0. The van der Waals surface area contributed by atoms with Gasteiger partial charge in [0.2, 0.25) is 5.82 Å². The van der Waals surface area contributed by atoms with Gasteiger partial charge in [0.25, 0.3) is 0 Å². The molecule has 5 nitrogen and oxygen atoms in total. The van der Waals surface area contributed by atoms with Gasteiger partial charge in [-0.1, -0.05) is 11.6 Å². The van der Waals surface area contributed by atoms with Crippen molar-refractivity contribution in [3.05, 3.63) is 33.1 Å². The molecule has 1 N–H and O–H groups in total. The van der Waals surface area contributed by atoms with E-state index >= 15 is 0 Å². The number of H-pyrrole nitrogens is 1. The van der Waals surface area contributed by atoms with E-state index in [4.69, 9.17) is 11.6 Å². The van der Waals surface area contributed by atoms with E-state index in [9.17, 15) is 23.3 Å². The Hall–Kier alpha value is -1.83. The summed E-state index contributed by atoms with van der Waals surface area (Å²) < 4.78 is 37.1. The van der Waals surface area contributed by atoms with Crippen molar-refractivity contribution in [2.24, 2.45) is 0 Å². The smallest absolute Gasteiger partial charge is 0.334 e. The van der Waals surface area contributed by atoms with E-state index in [0.717, 1.165) is 6.07 Å². The van der Waals surface area contributed by atoms with Crippen LogP contribution in [0.3, 0.4) is 0 Å². The number of fused-ring (bicyclic) bond motifs is 1. The molecule has 0 aliphatic rings. The Labute approximate surface area is 96.4 Å². The maximum Gasteiger partial charge on any atom is 0.449 e. The lowest BCUT2D eigenvalue weighted by Crippen LogP contribution is -2.06. The van der Waals surface area contributed by atoms with Crippen LogP contribution in [-0.4, -0.2) is 14.9 Å². The Bertz CT molecular complexity index is 608. The molecule has 0 fully saturated rings. The number of nitro groups is 1. The zero-order valence-corrected chi connectivity index (χ0v) is 8.63. The van der Waals surface area contributed by atoms with E-state index in [-0.39, 0.29) is 10.5 Å². The Morgan fingerprint density at radius 2 is 2.06 bits per heavy atom. The third kappa shape index (κ3) is 1.91. The van der Waals surface area contributed by atoms with Gasteiger partial charge in [0.1, 0.15) is 5.02 Å². The maximum atomic E-state index is 12.4. The van der Waals surface area contributed by atoms with Crippen LogP contribution in [0.15, 0.2) is 12.1 Å². The van der Waals surface area contributed by atoms with Crippen molar-refractivity contribution >= 4 is 28.3 Å². The Morgan fingerprint density at radius 3 is 2.59 bits per heavy atom. The number of nitrogens with zero attached hydrogens (tertiary/aromatic N) is 2. The molecule has 1 aromatic heterocycles. The Kier molecular flexibility index (Phi) is 2.46. The van der Waals surface area contributed by atoms with Gasteiger partial charge >= 0.3 is 11.9 Å². The number of nitrogens with one attached hydrogen (secondary N) is 1. The number of hydrogen-bond donors (Lipinski definition) is 1. The van der Waals surface area contributed by atoms with Gasteiger partial charge in [0.05, 0.1) is 10.4 Å². The summed E-state index contributed by atoms with van der Waals surface area (Å²) in [6.45, 7) is 0. The lowest BCUT2D eigenvalue weighted by Gasteiger charge is -1.98. The standard InChI is InChI=1S/C8H3ClF3N3O2/c9-3-1-2-4-5(6(3)15(16)17)14-7(13-4)8(10,11)12/h1-2H,(H,13,14). The first-order valence-corrected chi connectivity index (χ1v) is 4.58. The van der Waals surface area contributed by atoms with Crippen molar-refractivity contribution in [1.82, 2.24) is 9.97 Å². The number of hydrogen-bond acceptors (Lipinski definition) is 3. The number of halogens is 4. The highest BCUT2D eigenvalue weighted by Gasteiger charge is 2.36. The summed E-state index contributed by atoms with van der Waals surface area (Å²) in [4.78, 5) is 14.9. The predicted molar refractivity (Wildman–Crippen MR) is 52.8 cm³/mol. The molecule has 0 saturated heterocycles. The zero-order chi connectivity index (χ0) is 12.8. The monoisotopic (exact) mass is 265 g/mol. The van der Waals surface area contributed by atoms with E-state index in [2.05, 4.69) is 4.98 Å². The van der Waals surface area contributed by atoms with Crippen LogP contribution >= 0.6 is 11.6 Å². The highest BCUT2D eigenvalue weighted by molar-refractivity contribution is 6.33. The average Bonchev–Trinajstić information content (AvgIpc) is 2.59. The van der Waals surface area contributed by atoms with Crippen LogP contribution in [0.4, 0.5) is 18.9 Å². The molecule has 0 unspecified atom stereocenters. The third-order valence-electron chi connectivity index (χ3n) is 2.03. The highest BCUT2D eigenvalue weighted by atomic mass is 35.5. The fourth-order valence-electron chi connectivity index (χ4n) is 1.34. The summed E-state index contributed by atoms with van der Waals surface area (Å²) >= 11 is 5.54. The van der Waals surface area contributed by atoms with Crippen LogP contribution in [0.5, 0.6) is 0 Å². The predicted octanol–water partition coefficient (Wildman–Crippen LogP) is 3.14. The van der Waals surface area contributed by atoms with Gasteiger partial charge in [0, 0.05) is 0 Å². The minimum absolute atomic E-state index is 0.0894. The van der Waals surface area contributed by atoms with Crippen molar-refractivity contribution in [1.29, 1.82) is 0 Å². The molecule has 0 amide bonds. The molecule has 0 spiro atoms. The van der Waals surface area contributed by atoms with Crippen molar-refractivity contribution in [3.8, 4) is 0 Å². The third-order valence-corrected chi connectivity index (χ3v) is 2.33. The molecule has 0 atom stereocenters. The van der Waals surface area contributed by atoms with E-state index in [0.29, 0.717) is 0 Å². The van der Waals surface area contributed by atoms with Crippen LogP contribution < -0.4 is 0 Å². The Balaban J connectivity index is 2.78. The second-order valence-electron chi connectivity index (χ2n) is 3.13. The molecule has 0 bridgehead atoms. The molecular formula is C8H3ClF3N3O2. The molecule has 1 heterocycles. The second-order valence-corrected chi connectivity index (χ2v) is 3.54. The first kappa shape index (κ1) is 11.6. The fourth-order valence-corrected chi connectivity index (χ4v) is 1.57. The van der Waals surface area contributed by atoms with Gasteiger partial charge in [-0.05, 0) is 12.1 Å². The lowest BCUT2D eigenvalue weighted by molar-refractivity contribution is -0.383. The molecule has 1 aromatic carbocycles. The number of imidazole rings is 1. The number of rotatable bonds is 1. The van der Waals surface area contributed by atoms with Gasteiger partial charge in [-0.25, -0.2) is 4.98 Å². The summed E-state index contributed by atoms with van der Waals surface area (Å²) in [5.41, 5.74) is -1.14. The van der Waals surface area contributed by atoms with Crippen LogP contribution in [0.2, 0.25) is 5.02 Å². The molecule has 2 aromatic rings. The van der Waals surface area contributed by atoms with Gasteiger partial charge in [-0.3, -0.25) is 10.1 Å². The topological polar surface area (TPSA) is 71.8 Å². The van der Waals surface area contributed by atoms with Crippen LogP contribution in [0, 0.1) is 10.1 Å². The minimum Gasteiger partial charge on any atom is -0.334 e. The van der Waals surface area contributed by atoms with Gasteiger partial charge < -0.3 is 4.98 Å². The van der Waals surface area contributed by atoms with E-state index in [1.807, 2.05) is 4.98 Å². The quantitative estimate of drug-likeness (QED) is 0.636. The van der Waals surface area contributed by atoms with Crippen molar-refractivity contribution < 1.29 is 18.1 Å². The zero-order valence-electron chi connectivity index (χ0n) is 7.88. The largest absolute Gasteiger partial charge is 0.449 e. The molecule has 0 aliphatic heterocycles. The molecule has 0 radical (unpaired) electrons. The molecule has 90 valence electrons. The lowest BCUT2D eigenvalue weighted by atomic mass is 10.3. The number of benzene rings is 1. The molecule has 0 aliphatic carbocycles. The van der Waals surface area contributed by atoms with Gasteiger partial charge in [0.15, 0.2) is 5.52 Å². The summed E-state index contributed by atoms with van der Waals surface area (Å²) in [6, 6.07) is 2.34. The number of aromatic amines is 1. The first-order chi connectivity index (χ1) is 7.80. The molecule has 2 rings (SSSR count). The van der Waals surface area contributed by atoms with Crippen LogP contribution in [-0.2, 0) is 6.18 Å². The maximum absolute atomic E-state index is 12.4. The summed E-state index contributed by atoms with van der Waals surface area (Å²) in [5, 5.41) is 10.4. The fraction of sp³-hybridized carbons (Fsp3) is 0.125. The van der Waals surface area contributed by atoms with E-state index < -0.39 is 28.1 Å². The number of alkyl halides is 3. The number of aromatic nitrogens is 2. The SMILES string of the molecule is O=[N+]([O-])c1c(Cl)ccc2[nH]c(C(F)(F)F)nc12. The van der Waals surface area contributed by atoms with E-state index in [1.54, 1.807) is 0 Å². The summed E-state index contributed by atoms with van der Waals surface area (Å²) in [5.74, 6) is -1.29. The van der Waals surface area contributed by atoms with Crippen molar-refractivity contribution in [3.63, 3.8) is 0 Å². The molecular weight excluding hydrogens is 263 g/mol. The van der Waals surface area contributed by atoms with Crippen LogP contribution in [0.25, 0.3) is 11.0 Å². The summed E-state index contributed by atoms with van der Waals surface area (Å²) in [6.07, 6.45) is -4.70. The minimum atomic E-state index is -4.70. The molecule has 0 saturated carbocycles. The van der Waals surface area contributed by atoms with Crippen molar-refractivity contribution in [2.75, 3.05) is 0 Å². The number of nitro benzene ring substituents is 1. The van der Waals surface area contributed by atoms with Gasteiger partial charge in [-0.2, -0.15) is 13.2 Å². The molecule has 17 heavy (non-hydrogen) atoms. The Morgan fingerprint density at radius 1 is 1.41 bits per heavy atom. The van der Waals surface area contributed by atoms with Crippen LogP contribution in [0.1, 0.15) is 5.82 Å². The van der Waals surface area contributed by atoms with Gasteiger partial charge in [-0.15, -0.1) is 0 Å². The first-order valence-electron chi connectivity index (χ1n) is 4.20.